The molecule has 1 aromatic carbocycles. The number of aromatic nitrogens is 17. The average Bonchev–Trinajstić information content (AvgIpc) is 3.75. The van der Waals surface area contributed by atoms with Gasteiger partial charge in [-0.3, -0.25) is 14.4 Å². The number of aryl methyl sites for hydroxylation is 3. The van der Waals surface area contributed by atoms with Gasteiger partial charge in [-0.05, 0) is 76.1 Å². The Labute approximate surface area is 509 Å². The molecular weight excluding hydrogens is 1210 g/mol. The van der Waals surface area contributed by atoms with Crippen LogP contribution in [0.1, 0.15) is 64.0 Å². The molecule has 31 heteroatoms. The second kappa shape index (κ2) is 24.6. The Balaban J connectivity index is 0.000000125. The number of carbonyl (C=O) groups is 1. The van der Waals surface area contributed by atoms with Gasteiger partial charge in [-0.15, -0.1) is 0 Å². The number of halogens is 7. The number of anilines is 6. The number of benzene rings is 1. The second-order valence-corrected chi connectivity index (χ2v) is 23.0. The maximum atomic E-state index is 13.0. The van der Waals surface area contributed by atoms with Crippen LogP contribution in [-0.4, -0.2) is 145 Å². The first-order valence-corrected chi connectivity index (χ1v) is 29.5. The Kier molecular flexibility index (Phi) is 16.8. The van der Waals surface area contributed by atoms with E-state index in [0.717, 1.165) is 102 Å². The predicted octanol–water partition coefficient (Wildman–Crippen LogP) is 11.0. The molecule has 1 atom stereocenters. The summed E-state index contributed by atoms with van der Waals surface area (Å²) < 4.78 is 28.9. The van der Waals surface area contributed by atoms with Gasteiger partial charge in [0.05, 0.1) is 93.9 Å². The fourth-order valence-corrected chi connectivity index (χ4v) is 11.8. The molecule has 0 bridgehead atoms. The maximum Gasteiger partial charge on any atom is 0.229 e. The summed E-state index contributed by atoms with van der Waals surface area (Å²) in [4.78, 5) is 43.3. The van der Waals surface area contributed by atoms with E-state index >= 15 is 0 Å². The number of hydrogen-bond donors (Lipinski definition) is 3. The number of nitrogens with zero attached hydrogens (tertiary/aromatic N) is 19. The molecular formula is C53H55Cl6FN22O2. The largest absolute Gasteiger partial charge is 0.378 e. The van der Waals surface area contributed by atoms with Gasteiger partial charge >= 0.3 is 0 Å². The molecule has 0 radical (unpaired) electrons. The van der Waals surface area contributed by atoms with Crippen molar-refractivity contribution < 1.29 is 13.9 Å². The van der Waals surface area contributed by atoms with Gasteiger partial charge in [0, 0.05) is 77.5 Å². The lowest BCUT2D eigenvalue weighted by molar-refractivity contribution is -0.132. The zero-order valence-electron chi connectivity index (χ0n) is 45.5. The molecule has 84 heavy (non-hydrogen) atoms. The van der Waals surface area contributed by atoms with Crippen molar-refractivity contribution in [2.24, 2.45) is 20.0 Å². The molecule has 1 saturated carbocycles. The van der Waals surface area contributed by atoms with Gasteiger partial charge in [0.25, 0.3) is 0 Å². The summed E-state index contributed by atoms with van der Waals surface area (Å²) in [5.74, 6) is 1.47. The molecule has 9 aromatic heterocycles. The van der Waals surface area contributed by atoms with Gasteiger partial charge < -0.3 is 30.2 Å². The van der Waals surface area contributed by atoms with E-state index in [2.05, 4.69) is 76.2 Å². The van der Waals surface area contributed by atoms with Crippen molar-refractivity contribution in [2.45, 2.75) is 76.5 Å². The Morgan fingerprint density at radius 2 is 1.20 bits per heavy atom. The van der Waals surface area contributed by atoms with Crippen LogP contribution in [0.2, 0.25) is 30.8 Å². The number of amides is 1. The van der Waals surface area contributed by atoms with E-state index in [1.165, 1.54) is 16.8 Å². The predicted molar refractivity (Wildman–Crippen MR) is 320 cm³/mol. The zero-order valence-corrected chi connectivity index (χ0v) is 50.1. The standard InChI is InChI=1S/C21H25Cl2N7O.C17H20Cl2N8O.C15H10Cl2FN7/c1-2-28-11-16(22)15-10-24-21(26-19(15)28)25-17-12-30(27-18(17)23)14-4-3-8-29(9-7-14)20(31)13-5-6-13;1-25-16-12(14(18)24-25)6-20-17(23-16)22-13-7-21-27(15(13)19)10-2-4-26(5-3-10)11-8-28-9-11;1-24-14-10(12(16)22-24)6-19-15(21-14)20-11-7-25(23-13(11)17)9-4-2-8(18)3-5-9/h10-14H,2-9H2,1H3,(H,24,25,26);6-7,10-11H,2-5,8-9H2,1H3,(H,20,22,23);2-7H,1H3,(H,19,20,21). The van der Waals surface area contributed by atoms with E-state index in [0.29, 0.717) is 106 Å². The topological polar surface area (TPSA) is 240 Å². The van der Waals surface area contributed by atoms with Crippen LogP contribution in [0.3, 0.4) is 0 Å². The quantitative estimate of drug-likeness (QED) is 0.103. The number of fused-ring (bicyclic) bond motifs is 3. The minimum Gasteiger partial charge on any atom is -0.378 e. The summed E-state index contributed by atoms with van der Waals surface area (Å²) in [6, 6.07) is 6.98. The first kappa shape index (κ1) is 57.5. The van der Waals surface area contributed by atoms with Crippen molar-refractivity contribution in [1.29, 1.82) is 0 Å². The van der Waals surface area contributed by atoms with E-state index in [1.807, 2.05) is 38.1 Å². The summed E-state index contributed by atoms with van der Waals surface area (Å²) in [6.45, 7) is 8.20. The van der Waals surface area contributed by atoms with Gasteiger partial charge in [0.1, 0.15) is 11.5 Å². The highest BCUT2D eigenvalue weighted by molar-refractivity contribution is 6.36. The summed E-state index contributed by atoms with van der Waals surface area (Å²) in [5.41, 5.74) is 4.55. The molecule has 1 unspecified atom stereocenters. The number of rotatable bonds is 12. The molecule has 3 aliphatic heterocycles. The summed E-state index contributed by atoms with van der Waals surface area (Å²) in [6.07, 6.45) is 19.1. The number of ether oxygens (including phenoxy) is 1. The summed E-state index contributed by atoms with van der Waals surface area (Å²) >= 11 is 37.5. The molecule has 3 N–H and O–H groups in total. The number of piperidine rings is 1. The molecule has 14 rings (SSSR count). The number of carbonyl (C=O) groups excluding carboxylic acids is 1. The van der Waals surface area contributed by atoms with Crippen LogP contribution in [0.4, 0.5) is 39.3 Å². The third-order valence-corrected chi connectivity index (χ3v) is 17.0. The van der Waals surface area contributed by atoms with Crippen molar-refractivity contribution in [3.05, 3.63) is 104 Å². The number of nitrogens with one attached hydrogen (secondary N) is 3. The molecule has 24 nitrogen and oxygen atoms in total. The minimum atomic E-state index is -0.322. The maximum absolute atomic E-state index is 13.0. The van der Waals surface area contributed by atoms with Crippen molar-refractivity contribution >= 4 is 144 Å². The van der Waals surface area contributed by atoms with Gasteiger partial charge in [0.2, 0.25) is 23.8 Å². The molecule has 1 aliphatic carbocycles. The lowest BCUT2D eigenvalue weighted by atomic mass is 10.0. The third kappa shape index (κ3) is 12.3. The molecule has 3 saturated heterocycles. The Hall–Kier alpha value is -6.97. The highest BCUT2D eigenvalue weighted by atomic mass is 35.5. The van der Waals surface area contributed by atoms with E-state index in [-0.39, 0.29) is 22.9 Å². The van der Waals surface area contributed by atoms with E-state index < -0.39 is 0 Å². The molecule has 0 spiro atoms. The summed E-state index contributed by atoms with van der Waals surface area (Å²) in [5, 5.41) is 35.5. The molecule has 438 valence electrons. The Morgan fingerprint density at radius 3 is 1.81 bits per heavy atom. The van der Waals surface area contributed by atoms with Gasteiger partial charge in [0.15, 0.2) is 37.1 Å². The molecule has 4 fully saturated rings. The van der Waals surface area contributed by atoms with E-state index in [1.54, 1.807) is 66.6 Å². The van der Waals surface area contributed by atoms with E-state index in [9.17, 15) is 9.18 Å². The molecule has 10 aromatic rings. The monoisotopic (exact) mass is 1260 g/mol. The fourth-order valence-electron chi connectivity index (χ4n) is 10.4. The van der Waals surface area contributed by atoms with Crippen LogP contribution in [-0.2, 0) is 30.2 Å². The van der Waals surface area contributed by atoms with Crippen molar-refractivity contribution in [1.82, 2.24) is 93.2 Å². The highest BCUT2D eigenvalue weighted by Gasteiger charge is 2.35. The fraction of sp³-hybridized carbons (Fsp3) is 0.396. The lowest BCUT2D eigenvalue weighted by Gasteiger charge is -2.41. The first-order valence-electron chi connectivity index (χ1n) is 27.3. The molecule has 1 amide bonds. The number of likely N-dealkylation sites (tertiary alicyclic amines) is 2. The zero-order chi connectivity index (χ0) is 58.3. The van der Waals surface area contributed by atoms with Crippen LogP contribution in [0.15, 0.2) is 67.6 Å². The molecule has 4 aliphatic rings. The van der Waals surface area contributed by atoms with Crippen LogP contribution >= 0.6 is 69.6 Å². The Bertz CT molecular complexity index is 4010. The normalized spacial score (nSPS) is 17.0. The van der Waals surface area contributed by atoms with Crippen LogP contribution in [0.25, 0.3) is 38.8 Å². The minimum absolute atomic E-state index is 0.213. The van der Waals surface area contributed by atoms with Gasteiger partial charge in [-0.2, -0.15) is 40.4 Å². The highest BCUT2D eigenvalue weighted by Crippen LogP contribution is 2.36. The van der Waals surface area contributed by atoms with Gasteiger partial charge in [-0.1, -0.05) is 69.6 Å². The average molecular weight is 1260 g/mol. The number of hydrogen-bond acceptors (Lipinski definition) is 17. The molecule has 12 heterocycles. The van der Waals surface area contributed by atoms with Crippen LogP contribution in [0.5, 0.6) is 0 Å². The first-order chi connectivity index (χ1) is 40.6. The SMILES string of the molecule is CCn1cc(Cl)c2cnc(Nc3cn(C4CCCN(C(=O)C5CC5)CC4)nc3Cl)nc21.Cn1nc(Cl)c2cnc(Nc3cn(-c4ccc(F)cc4)nc3Cl)nc21.Cn1nc(Cl)c2cnc(Nc3cnn(C4CCN(C5COC5)CC4)c3Cl)nc21. The van der Waals surface area contributed by atoms with E-state index in [4.69, 9.17) is 74.3 Å². The third-order valence-electron chi connectivity index (χ3n) is 15.2. The second-order valence-electron chi connectivity index (χ2n) is 20.8. The van der Waals surface area contributed by atoms with Gasteiger partial charge in [-0.25, -0.2) is 38.1 Å². The van der Waals surface area contributed by atoms with Crippen molar-refractivity contribution in [3.63, 3.8) is 0 Å². The Morgan fingerprint density at radius 1 is 0.619 bits per heavy atom. The van der Waals surface area contributed by atoms with Crippen molar-refractivity contribution in [2.75, 3.05) is 55.3 Å². The van der Waals surface area contributed by atoms with Crippen molar-refractivity contribution in [3.8, 4) is 5.69 Å². The van der Waals surface area contributed by atoms with Crippen LogP contribution in [0, 0.1) is 11.7 Å². The smallest absolute Gasteiger partial charge is 0.229 e. The lowest BCUT2D eigenvalue weighted by Crippen LogP contribution is -2.51. The van der Waals surface area contributed by atoms with Crippen LogP contribution < -0.4 is 16.0 Å². The summed E-state index contributed by atoms with van der Waals surface area (Å²) in [7, 11) is 3.53.